The first-order chi connectivity index (χ1) is 26.5. The lowest BCUT2D eigenvalue weighted by Gasteiger charge is -2.24. The number of carbonyl (C=O) groups excluding carboxylic acids is 2. The molecule has 0 saturated heterocycles. The summed E-state index contributed by atoms with van der Waals surface area (Å²) in [5.74, 6) is -0.477. The molecular weight excluding hydrogens is 671 g/mol. The van der Waals surface area contributed by atoms with Crippen LogP contribution in [0.25, 0.3) is 0 Å². The number of nitrogens with one attached hydrogen (secondary N) is 1. The highest BCUT2D eigenvalue weighted by Gasteiger charge is 2.24. The zero-order valence-corrected chi connectivity index (χ0v) is 36.1. The second-order valence-electron chi connectivity index (χ2n) is 16.2. The summed E-state index contributed by atoms with van der Waals surface area (Å²) in [5, 5.41) is 23.6. The fourth-order valence-electron chi connectivity index (χ4n) is 7.17. The first-order valence-electron chi connectivity index (χ1n) is 23.6. The number of hydrogen-bond acceptors (Lipinski definition) is 5. The zero-order valence-electron chi connectivity index (χ0n) is 36.1. The van der Waals surface area contributed by atoms with E-state index in [1.165, 1.54) is 135 Å². The number of hydrogen-bond donors (Lipinski definition) is 3. The minimum absolute atomic E-state index is 0.0783. The smallest absolute Gasteiger partial charge is 0.306 e. The number of ether oxygens (including phenoxy) is 1. The highest BCUT2D eigenvalue weighted by Crippen LogP contribution is 2.18. The van der Waals surface area contributed by atoms with E-state index in [0.717, 1.165) is 64.2 Å². The summed E-state index contributed by atoms with van der Waals surface area (Å²) in [6.07, 6.45) is 46.7. The van der Waals surface area contributed by atoms with Crippen LogP contribution in [0.15, 0.2) is 24.3 Å². The molecular formula is C48H91NO5. The van der Waals surface area contributed by atoms with Gasteiger partial charge in [-0.25, -0.2) is 0 Å². The van der Waals surface area contributed by atoms with Crippen molar-refractivity contribution in [3.63, 3.8) is 0 Å². The highest BCUT2D eigenvalue weighted by atomic mass is 16.5. The van der Waals surface area contributed by atoms with Crippen LogP contribution in [0.4, 0.5) is 0 Å². The van der Waals surface area contributed by atoms with Crippen molar-refractivity contribution in [2.75, 3.05) is 6.61 Å². The Morgan fingerprint density at radius 3 is 1.44 bits per heavy atom. The SMILES string of the molecule is CCCCC/C=C\C/C=C\CCCCCCCCCC(=O)OC(CCCCCCCCCCC)CC(=O)NC(CO)C(O)CCCCCCCCCCC. The van der Waals surface area contributed by atoms with E-state index >= 15 is 0 Å². The topological polar surface area (TPSA) is 95.9 Å². The summed E-state index contributed by atoms with van der Waals surface area (Å²) >= 11 is 0. The third-order valence-electron chi connectivity index (χ3n) is 10.8. The summed E-state index contributed by atoms with van der Waals surface area (Å²) in [6, 6.07) is -0.695. The molecule has 0 aliphatic carbocycles. The van der Waals surface area contributed by atoms with E-state index in [1.54, 1.807) is 0 Å². The molecule has 0 aliphatic heterocycles. The minimum atomic E-state index is -0.781. The molecule has 6 heteroatoms. The number of allylic oxidation sites excluding steroid dienone is 4. The summed E-state index contributed by atoms with van der Waals surface area (Å²) in [4.78, 5) is 25.9. The molecule has 0 saturated carbocycles. The number of unbranched alkanes of at least 4 members (excludes halogenated alkanes) is 26. The van der Waals surface area contributed by atoms with Crippen molar-refractivity contribution in [3.8, 4) is 0 Å². The molecule has 0 radical (unpaired) electrons. The normalized spacial score (nSPS) is 13.5. The minimum Gasteiger partial charge on any atom is -0.462 e. The van der Waals surface area contributed by atoms with Crippen LogP contribution in [0.1, 0.15) is 245 Å². The standard InChI is InChI=1S/C48H91NO5/c1-4-7-10-13-16-19-20-21-22-23-24-25-26-29-32-35-38-41-48(53)54-44(39-36-33-30-27-17-14-11-8-5-2)42-47(52)49-45(43-50)46(51)40-37-34-31-28-18-15-12-9-6-3/h16,19,21-22,44-46,50-51H,4-15,17-18,20,23-43H2,1-3H3,(H,49,52)/b19-16-,22-21-. The van der Waals surface area contributed by atoms with Crippen LogP contribution < -0.4 is 5.32 Å². The Morgan fingerprint density at radius 1 is 0.537 bits per heavy atom. The Morgan fingerprint density at radius 2 is 0.944 bits per heavy atom. The molecule has 0 bridgehead atoms. The third kappa shape index (κ3) is 37.3. The maximum absolute atomic E-state index is 13.1. The fourth-order valence-corrected chi connectivity index (χ4v) is 7.17. The average Bonchev–Trinajstić information content (AvgIpc) is 3.16. The van der Waals surface area contributed by atoms with Gasteiger partial charge in [-0.2, -0.15) is 0 Å². The zero-order chi connectivity index (χ0) is 39.6. The van der Waals surface area contributed by atoms with Gasteiger partial charge in [-0.05, 0) is 57.8 Å². The van der Waals surface area contributed by atoms with E-state index in [9.17, 15) is 19.8 Å². The summed E-state index contributed by atoms with van der Waals surface area (Å²) in [7, 11) is 0. The predicted octanol–water partition coefficient (Wildman–Crippen LogP) is 13.6. The van der Waals surface area contributed by atoms with Gasteiger partial charge in [0.05, 0.1) is 25.2 Å². The Hall–Kier alpha value is -1.66. The average molecular weight is 762 g/mol. The number of aliphatic hydroxyl groups is 2. The molecule has 54 heavy (non-hydrogen) atoms. The summed E-state index contributed by atoms with van der Waals surface area (Å²) in [6.45, 7) is 6.42. The van der Waals surface area contributed by atoms with Crippen molar-refractivity contribution < 1.29 is 24.5 Å². The molecule has 0 heterocycles. The van der Waals surface area contributed by atoms with E-state index in [-0.39, 0.29) is 24.9 Å². The maximum Gasteiger partial charge on any atom is 0.306 e. The molecule has 0 spiro atoms. The summed E-state index contributed by atoms with van der Waals surface area (Å²) in [5.41, 5.74) is 0. The van der Waals surface area contributed by atoms with E-state index in [1.807, 2.05) is 0 Å². The quantitative estimate of drug-likeness (QED) is 0.0327. The fraction of sp³-hybridized carbons (Fsp3) is 0.875. The van der Waals surface area contributed by atoms with Crippen LogP contribution >= 0.6 is 0 Å². The number of rotatable bonds is 42. The Labute approximate surface area is 335 Å². The molecule has 0 aromatic heterocycles. The Bertz CT molecular complexity index is 858. The number of carbonyl (C=O) groups is 2. The lowest BCUT2D eigenvalue weighted by Crippen LogP contribution is -2.46. The van der Waals surface area contributed by atoms with Crippen molar-refractivity contribution in [2.45, 2.75) is 264 Å². The van der Waals surface area contributed by atoms with Gasteiger partial charge >= 0.3 is 5.97 Å². The molecule has 3 N–H and O–H groups in total. The van der Waals surface area contributed by atoms with E-state index in [0.29, 0.717) is 19.3 Å². The van der Waals surface area contributed by atoms with Gasteiger partial charge in [-0.3, -0.25) is 9.59 Å². The number of aliphatic hydroxyl groups excluding tert-OH is 2. The van der Waals surface area contributed by atoms with Crippen LogP contribution in [0.3, 0.4) is 0 Å². The largest absolute Gasteiger partial charge is 0.462 e. The summed E-state index contributed by atoms with van der Waals surface area (Å²) < 4.78 is 5.90. The van der Waals surface area contributed by atoms with Crippen molar-refractivity contribution >= 4 is 11.9 Å². The molecule has 0 aromatic carbocycles. The van der Waals surface area contributed by atoms with Gasteiger partial charge in [0, 0.05) is 6.42 Å². The van der Waals surface area contributed by atoms with Crippen molar-refractivity contribution in [2.24, 2.45) is 0 Å². The van der Waals surface area contributed by atoms with Gasteiger partial charge in [0.2, 0.25) is 5.91 Å². The first-order valence-corrected chi connectivity index (χ1v) is 23.6. The molecule has 0 fully saturated rings. The second kappa shape index (κ2) is 42.5. The molecule has 0 aliphatic rings. The van der Waals surface area contributed by atoms with Crippen molar-refractivity contribution in [1.82, 2.24) is 5.32 Å². The van der Waals surface area contributed by atoms with Crippen LogP contribution in [0.5, 0.6) is 0 Å². The van der Waals surface area contributed by atoms with Crippen LogP contribution in [-0.4, -0.2) is 46.9 Å². The monoisotopic (exact) mass is 762 g/mol. The predicted molar refractivity (Wildman–Crippen MR) is 232 cm³/mol. The Kier molecular flexibility index (Phi) is 41.2. The molecule has 6 nitrogen and oxygen atoms in total. The molecule has 0 rings (SSSR count). The third-order valence-corrected chi connectivity index (χ3v) is 10.8. The highest BCUT2D eigenvalue weighted by molar-refractivity contribution is 5.77. The van der Waals surface area contributed by atoms with Gasteiger partial charge in [0.1, 0.15) is 6.10 Å². The molecule has 1 amide bonds. The lowest BCUT2D eigenvalue weighted by molar-refractivity contribution is -0.151. The van der Waals surface area contributed by atoms with Crippen LogP contribution in [-0.2, 0) is 14.3 Å². The van der Waals surface area contributed by atoms with Crippen molar-refractivity contribution in [1.29, 1.82) is 0 Å². The molecule has 318 valence electrons. The van der Waals surface area contributed by atoms with Gasteiger partial charge in [-0.1, -0.05) is 199 Å². The molecule has 3 unspecified atom stereocenters. The molecule has 3 atom stereocenters. The van der Waals surface area contributed by atoms with Gasteiger partial charge < -0.3 is 20.3 Å². The molecule has 0 aromatic rings. The van der Waals surface area contributed by atoms with Crippen LogP contribution in [0.2, 0.25) is 0 Å². The van der Waals surface area contributed by atoms with E-state index in [2.05, 4.69) is 50.4 Å². The Balaban J connectivity index is 4.47. The van der Waals surface area contributed by atoms with E-state index < -0.39 is 18.2 Å². The van der Waals surface area contributed by atoms with Gasteiger partial charge in [0.15, 0.2) is 0 Å². The van der Waals surface area contributed by atoms with Crippen molar-refractivity contribution in [3.05, 3.63) is 24.3 Å². The van der Waals surface area contributed by atoms with Gasteiger partial charge in [0.25, 0.3) is 0 Å². The van der Waals surface area contributed by atoms with Gasteiger partial charge in [-0.15, -0.1) is 0 Å². The number of amides is 1. The first kappa shape index (κ1) is 52.3. The lowest BCUT2D eigenvalue weighted by atomic mass is 10.0. The second-order valence-corrected chi connectivity index (χ2v) is 16.2. The maximum atomic E-state index is 13.1. The van der Waals surface area contributed by atoms with Crippen LogP contribution in [0, 0.1) is 0 Å². The van der Waals surface area contributed by atoms with E-state index in [4.69, 9.17) is 4.74 Å². The number of esters is 1.